The Morgan fingerprint density at radius 3 is 2.31 bits per heavy atom. The summed E-state index contributed by atoms with van der Waals surface area (Å²) in [6, 6.07) is 0. The van der Waals surface area contributed by atoms with Crippen molar-refractivity contribution in [3.8, 4) is 0 Å². The van der Waals surface area contributed by atoms with E-state index in [0.717, 1.165) is 25.5 Å². The largest absolute Gasteiger partial charge is 0.463 e. The lowest BCUT2D eigenvalue weighted by atomic mass is 9.92. The van der Waals surface area contributed by atoms with Gasteiger partial charge in [0.2, 0.25) is 0 Å². The van der Waals surface area contributed by atoms with E-state index >= 15 is 0 Å². The summed E-state index contributed by atoms with van der Waals surface area (Å²) in [7, 11) is -5.39. The van der Waals surface area contributed by atoms with Crippen molar-refractivity contribution < 1.29 is 26.6 Å². The first-order chi connectivity index (χ1) is 13.2. The molecule has 8 heteroatoms. The lowest BCUT2D eigenvalue weighted by molar-refractivity contribution is -0.139. The summed E-state index contributed by atoms with van der Waals surface area (Å²) in [6.07, 6.45) is 6.30. The topological polar surface area (TPSA) is 78.9 Å². The highest BCUT2D eigenvalue weighted by atomic mass is 32.2. The van der Waals surface area contributed by atoms with Crippen molar-refractivity contribution in [3.05, 3.63) is 11.6 Å². The Morgan fingerprint density at radius 2 is 1.83 bits per heavy atom. The van der Waals surface area contributed by atoms with E-state index in [1.165, 1.54) is 0 Å². The fraction of sp³-hybridized carbons (Fsp3) is 0.857. The first-order valence-electron chi connectivity index (χ1n) is 10.6. The number of ether oxygens (including phenoxy) is 1. The van der Waals surface area contributed by atoms with Crippen LogP contribution < -0.4 is 0 Å². The minimum atomic E-state index is -3.52. The number of rotatable bonds is 10. The van der Waals surface area contributed by atoms with Gasteiger partial charge >= 0.3 is 5.97 Å². The van der Waals surface area contributed by atoms with Gasteiger partial charge in [-0.05, 0) is 56.7 Å². The van der Waals surface area contributed by atoms with Gasteiger partial charge in [0.15, 0.2) is 8.32 Å². The second kappa shape index (κ2) is 10.6. The number of hydrogen-bond donors (Lipinski definition) is 0. The molecule has 170 valence electrons. The van der Waals surface area contributed by atoms with Crippen LogP contribution in [0.1, 0.15) is 60.3 Å². The molecule has 0 saturated heterocycles. The molecule has 1 aliphatic rings. The van der Waals surface area contributed by atoms with Gasteiger partial charge in [0.05, 0.1) is 19.5 Å². The number of hydrogen-bond acceptors (Lipinski definition) is 6. The molecule has 0 bridgehead atoms. The average molecular weight is 449 g/mol. The molecule has 0 N–H and O–H groups in total. The summed E-state index contributed by atoms with van der Waals surface area (Å²) in [5.74, 6) is -0.413. The number of esters is 1. The normalized spacial score (nSPS) is 22.6. The Hall–Kier alpha value is -0.703. The van der Waals surface area contributed by atoms with Gasteiger partial charge in [-0.3, -0.25) is 4.18 Å². The first-order valence-corrected chi connectivity index (χ1v) is 15.3. The van der Waals surface area contributed by atoms with Crippen molar-refractivity contribution in [2.24, 2.45) is 11.8 Å². The monoisotopic (exact) mass is 448 g/mol. The molecule has 0 unspecified atom stereocenters. The maximum Gasteiger partial charge on any atom is 0.333 e. The molecule has 1 rings (SSSR count). The lowest BCUT2D eigenvalue weighted by Gasteiger charge is -2.38. The van der Waals surface area contributed by atoms with Crippen molar-refractivity contribution in [3.63, 3.8) is 0 Å². The van der Waals surface area contributed by atoms with Gasteiger partial charge in [0, 0.05) is 17.6 Å². The molecule has 0 heterocycles. The van der Waals surface area contributed by atoms with E-state index in [2.05, 4.69) is 33.9 Å². The van der Waals surface area contributed by atoms with Gasteiger partial charge in [0.1, 0.15) is 0 Å². The van der Waals surface area contributed by atoms with E-state index in [1.807, 2.05) is 13.0 Å². The lowest BCUT2D eigenvalue weighted by Crippen LogP contribution is -2.43. The predicted molar refractivity (Wildman–Crippen MR) is 119 cm³/mol. The minimum absolute atomic E-state index is 0.0366. The third kappa shape index (κ3) is 8.51. The standard InChI is InChI=1S/C21H40O6SSi/c1-9-16(15-26-28(6,23)24)13-19(20(22)25-10-2)17-11-12-18(14-17)27-29(7,8)21(3,4)5/h13,16-18H,9-12,14-15H2,1-8H3/b19-13+/t16-,17-,18+/m0/s1. The highest BCUT2D eigenvalue weighted by Gasteiger charge is 2.41. The van der Waals surface area contributed by atoms with Gasteiger partial charge in [-0.25, -0.2) is 4.79 Å². The minimum Gasteiger partial charge on any atom is -0.463 e. The van der Waals surface area contributed by atoms with Crippen LogP contribution >= 0.6 is 0 Å². The van der Waals surface area contributed by atoms with Crippen LogP contribution in [0.3, 0.4) is 0 Å². The summed E-state index contributed by atoms with van der Waals surface area (Å²) in [5, 5.41) is 0.140. The van der Waals surface area contributed by atoms with Crippen molar-refractivity contribution in [2.75, 3.05) is 19.5 Å². The molecule has 1 saturated carbocycles. The van der Waals surface area contributed by atoms with Gasteiger partial charge in [-0.1, -0.05) is 33.8 Å². The SMILES string of the molecule is CCOC(=O)/C(=C/[C@H](CC)COS(C)(=O)=O)[C@H]1CC[C@@H](O[Si](C)(C)C(C)(C)C)C1. The van der Waals surface area contributed by atoms with Crippen LogP contribution in [-0.4, -0.2) is 48.3 Å². The molecule has 0 aromatic heterocycles. The highest BCUT2D eigenvalue weighted by Crippen LogP contribution is 2.42. The van der Waals surface area contributed by atoms with Crippen molar-refractivity contribution in [2.45, 2.75) is 84.5 Å². The molecular formula is C21H40O6SSi. The zero-order valence-corrected chi connectivity index (χ0v) is 21.2. The average Bonchev–Trinajstić information content (AvgIpc) is 3.00. The molecule has 0 aromatic rings. The Labute approximate surface area is 178 Å². The first kappa shape index (κ1) is 26.3. The molecule has 29 heavy (non-hydrogen) atoms. The summed E-state index contributed by atoms with van der Waals surface area (Å²) in [5.41, 5.74) is 0.636. The molecule has 1 fully saturated rings. The van der Waals surface area contributed by atoms with Gasteiger partial charge in [-0.2, -0.15) is 8.42 Å². The van der Waals surface area contributed by atoms with Crippen LogP contribution in [0.5, 0.6) is 0 Å². The van der Waals surface area contributed by atoms with Crippen LogP contribution in [0.4, 0.5) is 0 Å². The van der Waals surface area contributed by atoms with E-state index in [0.29, 0.717) is 18.6 Å². The summed E-state index contributed by atoms with van der Waals surface area (Å²) in [4.78, 5) is 12.7. The molecule has 0 spiro atoms. The summed E-state index contributed by atoms with van der Waals surface area (Å²) >= 11 is 0. The van der Waals surface area contributed by atoms with E-state index in [9.17, 15) is 13.2 Å². The zero-order valence-electron chi connectivity index (χ0n) is 19.4. The Bertz CT molecular complexity index is 678. The maximum atomic E-state index is 12.7. The highest BCUT2D eigenvalue weighted by molar-refractivity contribution is 7.85. The predicted octanol–water partition coefficient (Wildman–Crippen LogP) is 4.67. The molecular weight excluding hydrogens is 408 g/mol. The fourth-order valence-corrected chi connectivity index (χ4v) is 5.08. The maximum absolute atomic E-state index is 12.7. The second-order valence-electron chi connectivity index (χ2n) is 9.51. The summed E-state index contributed by atoms with van der Waals surface area (Å²) < 4.78 is 39.5. The number of carbonyl (C=O) groups is 1. The molecule has 0 radical (unpaired) electrons. The number of carbonyl (C=O) groups excluding carboxylic acids is 1. The Balaban J connectivity index is 2.97. The van der Waals surface area contributed by atoms with E-state index in [-0.39, 0.29) is 35.6 Å². The zero-order chi connectivity index (χ0) is 22.5. The summed E-state index contributed by atoms with van der Waals surface area (Å²) in [6.45, 7) is 15.3. The quantitative estimate of drug-likeness (QED) is 0.209. The smallest absolute Gasteiger partial charge is 0.333 e. The molecule has 0 aromatic carbocycles. The molecule has 1 aliphatic carbocycles. The van der Waals surface area contributed by atoms with Gasteiger partial charge in [-0.15, -0.1) is 0 Å². The third-order valence-corrected chi connectivity index (χ3v) is 11.1. The van der Waals surface area contributed by atoms with Crippen LogP contribution in [0.2, 0.25) is 18.1 Å². The van der Waals surface area contributed by atoms with Crippen LogP contribution in [0.15, 0.2) is 11.6 Å². The van der Waals surface area contributed by atoms with Gasteiger partial charge < -0.3 is 9.16 Å². The van der Waals surface area contributed by atoms with Crippen molar-refractivity contribution in [1.82, 2.24) is 0 Å². The molecule has 6 nitrogen and oxygen atoms in total. The fourth-order valence-electron chi connectivity index (χ4n) is 3.26. The van der Waals surface area contributed by atoms with Gasteiger partial charge in [0.25, 0.3) is 10.1 Å². The molecule has 0 aliphatic heterocycles. The molecule has 0 amide bonds. The van der Waals surface area contributed by atoms with Crippen LogP contribution in [-0.2, 0) is 28.3 Å². The third-order valence-electron chi connectivity index (χ3n) is 6.04. The van der Waals surface area contributed by atoms with E-state index < -0.39 is 18.4 Å². The van der Waals surface area contributed by atoms with Crippen LogP contribution in [0, 0.1) is 11.8 Å². The van der Waals surface area contributed by atoms with E-state index in [1.54, 1.807) is 6.92 Å². The Kier molecular flexibility index (Phi) is 9.58. The van der Waals surface area contributed by atoms with E-state index in [4.69, 9.17) is 13.3 Å². The van der Waals surface area contributed by atoms with Crippen molar-refractivity contribution >= 4 is 24.4 Å². The Morgan fingerprint density at radius 1 is 1.21 bits per heavy atom. The van der Waals surface area contributed by atoms with Crippen molar-refractivity contribution in [1.29, 1.82) is 0 Å². The van der Waals surface area contributed by atoms with Crippen LogP contribution in [0.25, 0.3) is 0 Å². The second-order valence-corrected chi connectivity index (χ2v) is 15.9. The molecule has 3 atom stereocenters.